The fraction of sp³-hybridized carbons (Fsp3) is 0.0909. The zero-order valence-electron chi connectivity index (χ0n) is 16.4. The van der Waals surface area contributed by atoms with Crippen LogP contribution in [-0.4, -0.2) is 28.4 Å². The summed E-state index contributed by atoms with van der Waals surface area (Å²) >= 11 is 1.32. The monoisotopic (exact) mass is 435 g/mol. The van der Waals surface area contributed by atoms with Crippen LogP contribution in [0.5, 0.6) is 5.75 Å². The number of thiazole rings is 1. The quantitative estimate of drug-likeness (QED) is 0.466. The Labute approximate surface area is 180 Å². The molecule has 0 saturated heterocycles. The smallest absolute Gasteiger partial charge is 0.338 e. The van der Waals surface area contributed by atoms with Gasteiger partial charge in [0, 0.05) is 28.9 Å². The molecule has 0 aliphatic carbocycles. The van der Waals surface area contributed by atoms with Crippen molar-refractivity contribution < 1.29 is 19.1 Å². The number of methoxy groups -OCH3 is 1. The van der Waals surface area contributed by atoms with Gasteiger partial charge >= 0.3 is 5.97 Å². The minimum atomic E-state index is -0.592. The van der Waals surface area contributed by atoms with Gasteiger partial charge in [-0.2, -0.15) is 0 Å². The Hall–Kier alpha value is -3.98. The number of aromatic nitrogens is 2. The lowest BCUT2D eigenvalue weighted by molar-refractivity contribution is 0.0467. The van der Waals surface area contributed by atoms with Crippen LogP contribution < -0.4 is 15.6 Å². The van der Waals surface area contributed by atoms with E-state index in [0.717, 1.165) is 0 Å². The molecule has 0 radical (unpaired) electrons. The second-order valence-corrected chi connectivity index (χ2v) is 7.36. The van der Waals surface area contributed by atoms with E-state index in [0.29, 0.717) is 27.7 Å². The number of carbonyl (C=O) groups is 2. The number of rotatable bonds is 6. The van der Waals surface area contributed by atoms with Gasteiger partial charge in [0.05, 0.1) is 18.4 Å². The highest BCUT2D eigenvalue weighted by molar-refractivity contribution is 7.15. The normalized spacial score (nSPS) is 10.6. The molecule has 31 heavy (non-hydrogen) atoms. The van der Waals surface area contributed by atoms with E-state index in [2.05, 4.69) is 10.3 Å². The van der Waals surface area contributed by atoms with Crippen molar-refractivity contribution in [2.24, 2.45) is 0 Å². The molecule has 0 aliphatic heterocycles. The molecule has 0 aliphatic rings. The molecule has 1 N–H and O–H groups in total. The number of esters is 1. The van der Waals surface area contributed by atoms with Crippen molar-refractivity contribution in [3.63, 3.8) is 0 Å². The summed E-state index contributed by atoms with van der Waals surface area (Å²) in [6, 6.07) is 14.5. The summed E-state index contributed by atoms with van der Waals surface area (Å²) in [7, 11) is 1.52. The van der Waals surface area contributed by atoms with Crippen molar-refractivity contribution in [2.45, 2.75) is 6.61 Å². The van der Waals surface area contributed by atoms with E-state index in [-0.39, 0.29) is 23.6 Å². The van der Waals surface area contributed by atoms with Crippen LogP contribution in [0, 0.1) is 0 Å². The molecule has 2 heterocycles. The number of hydrogen-bond acceptors (Lipinski definition) is 7. The number of carbonyl (C=O) groups excluding carboxylic acids is 2. The van der Waals surface area contributed by atoms with Crippen LogP contribution in [0.4, 0.5) is 5.69 Å². The van der Waals surface area contributed by atoms with E-state index in [9.17, 15) is 14.4 Å². The average Bonchev–Trinajstić information content (AvgIpc) is 3.27. The van der Waals surface area contributed by atoms with Crippen molar-refractivity contribution in [1.29, 1.82) is 0 Å². The highest BCUT2D eigenvalue weighted by Gasteiger charge is 2.12. The zero-order chi connectivity index (χ0) is 21.8. The molecule has 0 fully saturated rings. The first kappa shape index (κ1) is 20.3. The topological polar surface area (TPSA) is 99.0 Å². The average molecular weight is 435 g/mol. The van der Waals surface area contributed by atoms with Crippen LogP contribution in [0.25, 0.3) is 4.96 Å². The summed E-state index contributed by atoms with van der Waals surface area (Å²) in [5.41, 5.74) is 1.26. The maximum Gasteiger partial charge on any atom is 0.338 e. The first-order valence-corrected chi connectivity index (χ1v) is 10.1. The van der Waals surface area contributed by atoms with E-state index in [1.165, 1.54) is 35.0 Å². The van der Waals surface area contributed by atoms with Crippen molar-refractivity contribution in [3.8, 4) is 5.75 Å². The molecule has 2 aromatic carbocycles. The van der Waals surface area contributed by atoms with Crippen molar-refractivity contribution in [2.75, 3.05) is 12.4 Å². The van der Waals surface area contributed by atoms with Gasteiger partial charge in [0.15, 0.2) is 4.96 Å². The molecule has 0 bridgehead atoms. The summed E-state index contributed by atoms with van der Waals surface area (Å²) in [6.07, 6.45) is 1.64. The predicted molar refractivity (Wildman–Crippen MR) is 116 cm³/mol. The van der Waals surface area contributed by atoms with Crippen molar-refractivity contribution >= 4 is 33.9 Å². The summed E-state index contributed by atoms with van der Waals surface area (Å²) in [6.45, 7) is -0.136. The first-order chi connectivity index (χ1) is 15.0. The lowest BCUT2D eigenvalue weighted by Crippen LogP contribution is -2.15. The van der Waals surface area contributed by atoms with Gasteiger partial charge in [-0.15, -0.1) is 11.3 Å². The van der Waals surface area contributed by atoms with Gasteiger partial charge in [0.1, 0.15) is 12.4 Å². The molecule has 2 aromatic heterocycles. The standard InChI is InChI=1S/C22H17N3O5S/c1-29-18-7-3-4-14(11-18)20(27)23-16-6-2-5-15(10-16)21(28)30-13-17-12-19(26)25-8-9-31-22(25)24-17/h2-12H,13H2,1H3,(H,23,27). The Kier molecular flexibility index (Phi) is 5.76. The number of hydrogen-bond donors (Lipinski definition) is 1. The predicted octanol–water partition coefficient (Wildman–Crippen LogP) is 3.37. The van der Waals surface area contributed by atoms with Gasteiger partial charge < -0.3 is 14.8 Å². The van der Waals surface area contributed by atoms with E-state index >= 15 is 0 Å². The Morgan fingerprint density at radius 2 is 1.90 bits per heavy atom. The van der Waals surface area contributed by atoms with Crippen LogP contribution >= 0.6 is 11.3 Å². The van der Waals surface area contributed by atoms with Gasteiger partial charge in [0.2, 0.25) is 0 Å². The molecule has 4 aromatic rings. The number of nitrogens with one attached hydrogen (secondary N) is 1. The number of nitrogens with zero attached hydrogens (tertiary/aromatic N) is 2. The highest BCUT2D eigenvalue weighted by atomic mass is 32.1. The molecule has 9 heteroatoms. The first-order valence-electron chi connectivity index (χ1n) is 9.22. The summed E-state index contributed by atoms with van der Waals surface area (Å²) in [5.74, 6) is -0.358. The Balaban J connectivity index is 1.43. The lowest BCUT2D eigenvalue weighted by atomic mass is 10.1. The number of fused-ring (bicyclic) bond motifs is 1. The Bertz CT molecular complexity index is 1330. The molecule has 156 valence electrons. The minimum Gasteiger partial charge on any atom is -0.497 e. The fourth-order valence-corrected chi connectivity index (χ4v) is 3.61. The molecule has 1 amide bonds. The zero-order valence-corrected chi connectivity index (χ0v) is 17.2. The van der Waals surface area contributed by atoms with Crippen LogP contribution in [0.2, 0.25) is 0 Å². The largest absolute Gasteiger partial charge is 0.497 e. The Morgan fingerprint density at radius 1 is 1.10 bits per heavy atom. The molecule has 0 saturated carbocycles. The van der Waals surface area contributed by atoms with Crippen LogP contribution in [0.15, 0.2) is 71.0 Å². The van der Waals surface area contributed by atoms with Gasteiger partial charge in [-0.1, -0.05) is 12.1 Å². The molecule has 0 spiro atoms. The second-order valence-electron chi connectivity index (χ2n) is 6.48. The van der Waals surface area contributed by atoms with Crippen molar-refractivity contribution in [1.82, 2.24) is 9.38 Å². The molecular weight excluding hydrogens is 418 g/mol. The number of benzene rings is 2. The van der Waals surface area contributed by atoms with Gasteiger partial charge in [-0.3, -0.25) is 14.0 Å². The second kappa shape index (κ2) is 8.80. The number of anilines is 1. The molecule has 0 atom stereocenters. The summed E-state index contributed by atoms with van der Waals surface area (Å²) in [4.78, 5) is 41.8. The van der Waals surface area contributed by atoms with Gasteiger partial charge in [-0.05, 0) is 36.4 Å². The van der Waals surface area contributed by atoms with Gasteiger partial charge in [0.25, 0.3) is 11.5 Å². The maximum absolute atomic E-state index is 12.5. The minimum absolute atomic E-state index is 0.136. The summed E-state index contributed by atoms with van der Waals surface area (Å²) in [5, 5.41) is 4.50. The molecular formula is C22H17N3O5S. The molecule has 8 nitrogen and oxygen atoms in total. The van der Waals surface area contributed by atoms with E-state index in [1.54, 1.807) is 54.0 Å². The lowest BCUT2D eigenvalue weighted by Gasteiger charge is -2.09. The van der Waals surface area contributed by atoms with Gasteiger partial charge in [-0.25, -0.2) is 9.78 Å². The van der Waals surface area contributed by atoms with E-state index in [1.807, 2.05) is 0 Å². The molecule has 0 unspecified atom stereocenters. The number of amides is 1. The van der Waals surface area contributed by atoms with E-state index < -0.39 is 5.97 Å². The fourth-order valence-electron chi connectivity index (χ4n) is 2.88. The van der Waals surface area contributed by atoms with Crippen molar-refractivity contribution in [3.05, 3.63) is 93.3 Å². The Morgan fingerprint density at radius 3 is 2.74 bits per heavy atom. The third-order valence-corrected chi connectivity index (χ3v) is 5.15. The third-order valence-electron chi connectivity index (χ3n) is 4.40. The summed E-state index contributed by atoms with van der Waals surface area (Å²) < 4.78 is 11.8. The van der Waals surface area contributed by atoms with Crippen LogP contribution in [-0.2, 0) is 11.3 Å². The van der Waals surface area contributed by atoms with E-state index in [4.69, 9.17) is 9.47 Å². The SMILES string of the molecule is COc1cccc(C(=O)Nc2cccc(C(=O)OCc3cc(=O)n4ccsc4n3)c2)c1. The van der Waals surface area contributed by atoms with Crippen LogP contribution in [0.3, 0.4) is 0 Å². The molecule has 4 rings (SSSR count). The third kappa shape index (κ3) is 4.62. The highest BCUT2D eigenvalue weighted by Crippen LogP contribution is 2.17. The maximum atomic E-state index is 12.5. The van der Waals surface area contributed by atoms with Crippen LogP contribution in [0.1, 0.15) is 26.4 Å². The number of ether oxygens (including phenoxy) is 2.